The van der Waals surface area contributed by atoms with Crippen LogP contribution in [0.5, 0.6) is 11.5 Å². The first-order valence-electron chi connectivity index (χ1n) is 8.31. The number of rotatable bonds is 7. The summed E-state index contributed by atoms with van der Waals surface area (Å²) in [6, 6.07) is 7.41. The fourth-order valence-corrected chi connectivity index (χ4v) is 3.48. The molecule has 0 saturated heterocycles. The molecule has 1 N–H and O–H groups in total. The van der Waals surface area contributed by atoms with Crippen LogP contribution in [0.2, 0.25) is 0 Å². The molecule has 3 aromatic rings. The fourth-order valence-electron chi connectivity index (χ4n) is 2.67. The summed E-state index contributed by atoms with van der Waals surface area (Å²) >= 11 is 1.33. The van der Waals surface area contributed by atoms with Gasteiger partial charge in [-0.1, -0.05) is 17.8 Å². The molecule has 0 aliphatic heterocycles. The number of thioether (sulfide) groups is 1. The summed E-state index contributed by atoms with van der Waals surface area (Å²) in [5.41, 5.74) is 2.54. The highest BCUT2D eigenvalue weighted by Crippen LogP contribution is 2.27. The molecule has 0 unspecified atom stereocenters. The van der Waals surface area contributed by atoms with Crippen molar-refractivity contribution in [2.45, 2.75) is 25.5 Å². The summed E-state index contributed by atoms with van der Waals surface area (Å²) in [4.78, 5) is 16.6. The third kappa shape index (κ3) is 4.30. The molecule has 9 heteroatoms. The van der Waals surface area contributed by atoms with Gasteiger partial charge in [-0.3, -0.25) is 9.20 Å². The van der Waals surface area contributed by atoms with Gasteiger partial charge in [-0.15, -0.1) is 10.2 Å². The van der Waals surface area contributed by atoms with Crippen LogP contribution in [0.3, 0.4) is 0 Å². The van der Waals surface area contributed by atoms with Gasteiger partial charge in [-0.05, 0) is 31.5 Å². The van der Waals surface area contributed by atoms with Gasteiger partial charge < -0.3 is 14.8 Å². The standard InChI is InChI=1S/C18H21N5O3S/c1-11-7-16-21-22-18(23(16)12(2)20-11)27-10-17(24)19-9-13-5-6-14(25-3)15(8-13)26-4/h5-8H,9-10H2,1-4H3,(H,19,24). The first-order valence-corrected chi connectivity index (χ1v) is 9.30. The molecule has 2 heterocycles. The van der Waals surface area contributed by atoms with Crippen LogP contribution >= 0.6 is 11.8 Å². The second-order valence-corrected chi connectivity index (χ2v) is 6.82. The molecular formula is C18H21N5O3S. The summed E-state index contributed by atoms with van der Waals surface area (Å²) in [6.07, 6.45) is 0. The second-order valence-electron chi connectivity index (χ2n) is 5.88. The number of aryl methyl sites for hydroxylation is 2. The molecule has 2 aromatic heterocycles. The van der Waals surface area contributed by atoms with Crippen LogP contribution in [0.25, 0.3) is 5.65 Å². The summed E-state index contributed by atoms with van der Waals surface area (Å²) < 4.78 is 12.3. The SMILES string of the molecule is COc1ccc(CNC(=O)CSc2nnc3cc(C)nc(C)n23)cc1OC. The van der Waals surface area contributed by atoms with Gasteiger partial charge in [0.25, 0.3) is 0 Å². The molecule has 27 heavy (non-hydrogen) atoms. The molecule has 0 aliphatic carbocycles. The van der Waals surface area contributed by atoms with Crippen molar-refractivity contribution in [3.63, 3.8) is 0 Å². The lowest BCUT2D eigenvalue weighted by atomic mass is 10.2. The van der Waals surface area contributed by atoms with Crippen LogP contribution in [-0.2, 0) is 11.3 Å². The van der Waals surface area contributed by atoms with Crippen molar-refractivity contribution in [1.82, 2.24) is 24.9 Å². The number of ether oxygens (including phenoxy) is 2. The van der Waals surface area contributed by atoms with Gasteiger partial charge in [0, 0.05) is 18.3 Å². The van der Waals surface area contributed by atoms with E-state index in [0.29, 0.717) is 23.2 Å². The lowest BCUT2D eigenvalue weighted by Gasteiger charge is -2.10. The largest absolute Gasteiger partial charge is 0.493 e. The van der Waals surface area contributed by atoms with E-state index >= 15 is 0 Å². The van der Waals surface area contributed by atoms with E-state index in [9.17, 15) is 4.79 Å². The van der Waals surface area contributed by atoms with E-state index < -0.39 is 0 Å². The first kappa shape index (κ1) is 19.0. The van der Waals surface area contributed by atoms with Gasteiger partial charge in [0.15, 0.2) is 22.3 Å². The van der Waals surface area contributed by atoms with Crippen LogP contribution in [0.1, 0.15) is 17.1 Å². The zero-order valence-corrected chi connectivity index (χ0v) is 16.5. The smallest absolute Gasteiger partial charge is 0.230 e. The maximum atomic E-state index is 12.2. The second kappa shape index (κ2) is 8.26. The molecular weight excluding hydrogens is 366 g/mol. The summed E-state index contributed by atoms with van der Waals surface area (Å²) in [5.74, 6) is 2.22. The number of hydrogen-bond donors (Lipinski definition) is 1. The predicted molar refractivity (Wildman–Crippen MR) is 102 cm³/mol. The molecule has 0 bridgehead atoms. The number of hydrogen-bond acceptors (Lipinski definition) is 7. The Morgan fingerprint density at radius 1 is 1.15 bits per heavy atom. The number of carbonyl (C=O) groups is 1. The molecule has 0 fully saturated rings. The van der Waals surface area contributed by atoms with Gasteiger partial charge >= 0.3 is 0 Å². The number of benzene rings is 1. The maximum Gasteiger partial charge on any atom is 0.230 e. The van der Waals surface area contributed by atoms with E-state index in [-0.39, 0.29) is 11.7 Å². The quantitative estimate of drug-likeness (QED) is 0.621. The average Bonchev–Trinajstić information content (AvgIpc) is 3.07. The van der Waals surface area contributed by atoms with Gasteiger partial charge in [-0.2, -0.15) is 0 Å². The highest BCUT2D eigenvalue weighted by Gasteiger charge is 2.12. The lowest BCUT2D eigenvalue weighted by Crippen LogP contribution is -2.24. The Kier molecular flexibility index (Phi) is 5.80. The van der Waals surface area contributed by atoms with E-state index in [1.807, 2.05) is 42.5 Å². The summed E-state index contributed by atoms with van der Waals surface area (Å²) in [6.45, 7) is 4.21. The number of amides is 1. The van der Waals surface area contributed by atoms with Crippen molar-refractivity contribution in [2.24, 2.45) is 0 Å². The van der Waals surface area contributed by atoms with Crippen LogP contribution in [0, 0.1) is 13.8 Å². The van der Waals surface area contributed by atoms with Gasteiger partial charge in [0.05, 0.1) is 20.0 Å². The van der Waals surface area contributed by atoms with Gasteiger partial charge in [-0.25, -0.2) is 4.98 Å². The van der Waals surface area contributed by atoms with Crippen LogP contribution in [0.15, 0.2) is 29.4 Å². The highest BCUT2D eigenvalue weighted by atomic mass is 32.2. The van der Waals surface area contributed by atoms with Crippen molar-refractivity contribution < 1.29 is 14.3 Å². The molecule has 0 saturated carbocycles. The Labute approximate surface area is 161 Å². The lowest BCUT2D eigenvalue weighted by molar-refractivity contribution is -0.118. The molecule has 0 aliphatic rings. The van der Waals surface area contributed by atoms with Crippen molar-refractivity contribution >= 4 is 23.3 Å². The Bertz CT molecular complexity index is 973. The number of aromatic nitrogens is 4. The number of methoxy groups -OCH3 is 2. The van der Waals surface area contributed by atoms with E-state index in [2.05, 4.69) is 20.5 Å². The zero-order valence-electron chi connectivity index (χ0n) is 15.6. The van der Waals surface area contributed by atoms with Crippen LogP contribution in [0.4, 0.5) is 0 Å². The number of nitrogens with zero attached hydrogens (tertiary/aromatic N) is 4. The molecule has 1 amide bonds. The van der Waals surface area contributed by atoms with Crippen LogP contribution < -0.4 is 14.8 Å². The predicted octanol–water partition coefficient (Wildman–Crippen LogP) is 2.17. The van der Waals surface area contributed by atoms with Crippen molar-refractivity contribution in [1.29, 1.82) is 0 Å². The zero-order chi connectivity index (χ0) is 19.4. The minimum Gasteiger partial charge on any atom is -0.493 e. The molecule has 0 spiro atoms. The number of fused-ring (bicyclic) bond motifs is 1. The van der Waals surface area contributed by atoms with E-state index in [1.165, 1.54) is 11.8 Å². The summed E-state index contributed by atoms with van der Waals surface area (Å²) in [7, 11) is 3.17. The first-order chi connectivity index (χ1) is 13.0. The Balaban J connectivity index is 1.59. The fraction of sp³-hybridized carbons (Fsp3) is 0.333. The topological polar surface area (TPSA) is 90.6 Å². The van der Waals surface area contributed by atoms with Crippen molar-refractivity contribution in [2.75, 3.05) is 20.0 Å². The van der Waals surface area contributed by atoms with E-state index in [1.54, 1.807) is 14.2 Å². The Hall–Kier alpha value is -2.81. The van der Waals surface area contributed by atoms with Gasteiger partial charge in [0.2, 0.25) is 5.91 Å². The number of nitrogens with one attached hydrogen (secondary N) is 1. The van der Waals surface area contributed by atoms with Gasteiger partial charge in [0.1, 0.15) is 5.82 Å². The molecule has 0 atom stereocenters. The molecule has 8 nitrogen and oxygen atoms in total. The average molecular weight is 387 g/mol. The molecule has 142 valence electrons. The van der Waals surface area contributed by atoms with E-state index in [0.717, 1.165) is 22.7 Å². The highest BCUT2D eigenvalue weighted by molar-refractivity contribution is 7.99. The summed E-state index contributed by atoms with van der Waals surface area (Å²) in [5, 5.41) is 11.8. The van der Waals surface area contributed by atoms with E-state index in [4.69, 9.17) is 9.47 Å². The molecule has 1 aromatic carbocycles. The molecule has 3 rings (SSSR count). The van der Waals surface area contributed by atoms with Crippen LogP contribution in [-0.4, -0.2) is 45.5 Å². The maximum absolute atomic E-state index is 12.2. The third-order valence-corrected chi connectivity index (χ3v) is 4.86. The Morgan fingerprint density at radius 3 is 2.67 bits per heavy atom. The normalized spacial score (nSPS) is 10.8. The number of carbonyl (C=O) groups excluding carboxylic acids is 1. The van der Waals surface area contributed by atoms with Crippen molar-refractivity contribution in [3.05, 3.63) is 41.3 Å². The minimum absolute atomic E-state index is 0.0933. The van der Waals surface area contributed by atoms with Crippen molar-refractivity contribution in [3.8, 4) is 11.5 Å². The molecule has 0 radical (unpaired) electrons. The monoisotopic (exact) mass is 387 g/mol. The Morgan fingerprint density at radius 2 is 1.93 bits per heavy atom. The minimum atomic E-state index is -0.0933. The third-order valence-electron chi connectivity index (χ3n) is 3.93.